The molecule has 0 unspecified atom stereocenters. The Kier molecular flexibility index (Phi) is 4.29. The summed E-state index contributed by atoms with van der Waals surface area (Å²) in [6.07, 6.45) is -3.92. The first-order chi connectivity index (χ1) is 13.3. The van der Waals surface area contributed by atoms with Gasteiger partial charge in [0.25, 0.3) is 5.91 Å². The van der Waals surface area contributed by atoms with Crippen molar-refractivity contribution in [3.8, 4) is 5.88 Å². The van der Waals surface area contributed by atoms with E-state index in [4.69, 9.17) is 4.74 Å². The molecule has 3 aromatic rings. The number of carbonyl (C=O) groups excluding carboxylic acids is 1. The lowest BCUT2D eigenvalue weighted by Crippen LogP contribution is -2.56. The van der Waals surface area contributed by atoms with Gasteiger partial charge in [-0.3, -0.25) is 9.59 Å². The molecule has 0 radical (unpaired) electrons. The second-order valence-electron chi connectivity index (χ2n) is 6.42. The summed E-state index contributed by atoms with van der Waals surface area (Å²) in [5, 5.41) is 0.621. The number of para-hydroxylation sites is 1. The summed E-state index contributed by atoms with van der Waals surface area (Å²) in [6, 6.07) is 9.89. The minimum absolute atomic E-state index is 0.145. The predicted octanol–water partition coefficient (Wildman–Crippen LogP) is 2.85. The largest absolute Gasteiger partial charge is 0.471 e. The number of aromatic amines is 1. The lowest BCUT2D eigenvalue weighted by atomic mass is 10.0. The van der Waals surface area contributed by atoms with E-state index in [1.54, 1.807) is 24.3 Å². The maximum atomic E-state index is 12.8. The summed E-state index contributed by atoms with van der Waals surface area (Å²) in [5.41, 5.74) is -0.405. The number of ether oxygens (including phenoxy) is 1. The number of alkyl halides is 3. The van der Waals surface area contributed by atoms with E-state index >= 15 is 0 Å². The Labute approximate surface area is 156 Å². The zero-order chi connectivity index (χ0) is 19.9. The number of benzene rings is 1. The van der Waals surface area contributed by atoms with Crippen LogP contribution < -0.4 is 10.3 Å². The summed E-state index contributed by atoms with van der Waals surface area (Å²) < 4.78 is 43.7. The third kappa shape index (κ3) is 3.42. The van der Waals surface area contributed by atoms with Crippen molar-refractivity contribution in [1.29, 1.82) is 0 Å². The summed E-state index contributed by atoms with van der Waals surface area (Å²) >= 11 is 0. The van der Waals surface area contributed by atoms with Gasteiger partial charge in [-0.05, 0) is 12.1 Å². The number of fused-ring (bicyclic) bond motifs is 1. The lowest BCUT2D eigenvalue weighted by Gasteiger charge is -2.38. The molecule has 1 amide bonds. The number of nitrogens with one attached hydrogen (secondary N) is 1. The van der Waals surface area contributed by atoms with Crippen LogP contribution in [0.25, 0.3) is 10.9 Å². The third-order valence-electron chi connectivity index (χ3n) is 4.47. The number of likely N-dealkylation sites (tertiary alicyclic amines) is 1. The molecular weight excluding hydrogens is 375 g/mol. The number of hydrogen-bond acceptors (Lipinski definition) is 4. The quantitative estimate of drug-likeness (QED) is 0.748. The van der Waals surface area contributed by atoms with Crippen molar-refractivity contribution in [2.24, 2.45) is 0 Å². The van der Waals surface area contributed by atoms with E-state index in [0.717, 1.165) is 18.3 Å². The molecule has 4 rings (SSSR count). The van der Waals surface area contributed by atoms with E-state index in [1.165, 1.54) is 11.0 Å². The molecule has 0 aliphatic carbocycles. The fourth-order valence-electron chi connectivity index (χ4n) is 3.05. The number of hydrogen-bond donors (Lipinski definition) is 1. The Morgan fingerprint density at radius 2 is 1.93 bits per heavy atom. The molecule has 0 spiro atoms. The minimum Gasteiger partial charge on any atom is -0.471 e. The van der Waals surface area contributed by atoms with E-state index in [-0.39, 0.29) is 36.0 Å². The van der Waals surface area contributed by atoms with Gasteiger partial charge in [0.15, 0.2) is 0 Å². The van der Waals surface area contributed by atoms with Crippen molar-refractivity contribution in [2.75, 3.05) is 13.1 Å². The number of carbonyl (C=O) groups is 1. The molecule has 144 valence electrons. The minimum atomic E-state index is -4.48. The van der Waals surface area contributed by atoms with Gasteiger partial charge in [-0.1, -0.05) is 18.2 Å². The molecule has 6 nitrogen and oxygen atoms in total. The molecule has 0 bridgehead atoms. The smallest absolute Gasteiger partial charge is 0.416 e. The second kappa shape index (κ2) is 6.66. The molecule has 1 aliphatic heterocycles. The molecule has 1 N–H and O–H groups in total. The van der Waals surface area contributed by atoms with E-state index < -0.39 is 17.8 Å². The number of H-pyrrole nitrogens is 1. The molecule has 0 saturated carbocycles. The van der Waals surface area contributed by atoms with E-state index in [1.807, 2.05) is 0 Å². The van der Waals surface area contributed by atoms with Gasteiger partial charge in [0.05, 0.1) is 24.2 Å². The van der Waals surface area contributed by atoms with E-state index in [0.29, 0.717) is 10.9 Å². The van der Waals surface area contributed by atoms with Gasteiger partial charge >= 0.3 is 6.18 Å². The van der Waals surface area contributed by atoms with Crippen LogP contribution in [0.2, 0.25) is 0 Å². The average molecular weight is 389 g/mol. The molecule has 0 atom stereocenters. The van der Waals surface area contributed by atoms with Gasteiger partial charge in [0.2, 0.25) is 11.4 Å². The number of nitrogens with zero attached hydrogens (tertiary/aromatic N) is 2. The average Bonchev–Trinajstić information content (AvgIpc) is 2.62. The van der Waals surface area contributed by atoms with Crippen LogP contribution in [0.4, 0.5) is 13.2 Å². The van der Waals surface area contributed by atoms with Crippen molar-refractivity contribution >= 4 is 16.8 Å². The molecule has 1 aromatic carbocycles. The van der Waals surface area contributed by atoms with Crippen molar-refractivity contribution in [1.82, 2.24) is 14.9 Å². The highest BCUT2D eigenvalue weighted by Gasteiger charge is 2.35. The van der Waals surface area contributed by atoms with Gasteiger partial charge in [-0.15, -0.1) is 0 Å². The van der Waals surface area contributed by atoms with Gasteiger partial charge in [-0.25, -0.2) is 4.98 Å². The number of aromatic nitrogens is 2. The van der Waals surface area contributed by atoms with Crippen LogP contribution >= 0.6 is 0 Å². The Balaban J connectivity index is 1.46. The molecule has 2 aromatic heterocycles. The molecule has 9 heteroatoms. The standard InChI is InChI=1S/C19H14F3N3O3/c20-19(21,22)11-5-6-23-17(7-11)28-12-9-25(10-12)18(27)14-8-16(26)24-15-4-2-1-3-13(14)15/h1-8,12H,9-10H2,(H,24,26). The second-order valence-corrected chi connectivity index (χ2v) is 6.42. The number of amides is 1. The zero-order valence-corrected chi connectivity index (χ0v) is 14.4. The summed E-state index contributed by atoms with van der Waals surface area (Å²) in [6.45, 7) is 0.385. The number of halogens is 3. The van der Waals surface area contributed by atoms with Crippen LogP contribution in [-0.4, -0.2) is 40.0 Å². The summed E-state index contributed by atoms with van der Waals surface area (Å²) in [4.78, 5) is 32.5. The molecule has 3 heterocycles. The SMILES string of the molecule is O=C(c1cc(=O)[nH]c2ccccc12)N1CC(Oc2cc(C(F)(F)F)ccn2)C1. The highest BCUT2D eigenvalue weighted by molar-refractivity contribution is 6.06. The highest BCUT2D eigenvalue weighted by atomic mass is 19.4. The Bertz CT molecular complexity index is 1100. The van der Waals surface area contributed by atoms with Gasteiger partial charge in [0, 0.05) is 29.2 Å². The van der Waals surface area contributed by atoms with Crippen molar-refractivity contribution in [2.45, 2.75) is 12.3 Å². The molecule has 1 fully saturated rings. The highest BCUT2D eigenvalue weighted by Crippen LogP contribution is 2.31. The first-order valence-corrected chi connectivity index (χ1v) is 8.42. The van der Waals surface area contributed by atoms with Crippen LogP contribution in [0.1, 0.15) is 15.9 Å². The molecule has 28 heavy (non-hydrogen) atoms. The van der Waals surface area contributed by atoms with Crippen molar-refractivity contribution < 1.29 is 22.7 Å². The van der Waals surface area contributed by atoms with Crippen LogP contribution in [0.5, 0.6) is 5.88 Å². The fourth-order valence-corrected chi connectivity index (χ4v) is 3.05. The molecule has 1 aliphatic rings. The zero-order valence-electron chi connectivity index (χ0n) is 14.4. The van der Waals surface area contributed by atoms with Crippen molar-refractivity contribution in [3.63, 3.8) is 0 Å². The topological polar surface area (TPSA) is 75.3 Å². The number of pyridine rings is 2. The molecule has 1 saturated heterocycles. The summed E-state index contributed by atoms with van der Waals surface area (Å²) in [7, 11) is 0. The maximum Gasteiger partial charge on any atom is 0.416 e. The first kappa shape index (κ1) is 18.0. The fraction of sp³-hybridized carbons (Fsp3) is 0.211. The predicted molar refractivity (Wildman–Crippen MR) is 94.1 cm³/mol. The Morgan fingerprint density at radius 1 is 1.18 bits per heavy atom. The first-order valence-electron chi connectivity index (χ1n) is 8.42. The Hall–Kier alpha value is -3.36. The van der Waals surface area contributed by atoms with E-state index in [2.05, 4.69) is 9.97 Å². The lowest BCUT2D eigenvalue weighted by molar-refractivity contribution is -0.137. The normalized spacial score (nSPS) is 14.8. The van der Waals surface area contributed by atoms with Gasteiger partial charge < -0.3 is 14.6 Å². The van der Waals surface area contributed by atoms with Crippen molar-refractivity contribution in [3.05, 3.63) is 70.1 Å². The third-order valence-corrected chi connectivity index (χ3v) is 4.47. The number of rotatable bonds is 3. The van der Waals surface area contributed by atoms with Crippen LogP contribution in [0.15, 0.2) is 53.5 Å². The molecular formula is C19H14F3N3O3. The van der Waals surface area contributed by atoms with Crippen LogP contribution in [0, 0.1) is 0 Å². The summed E-state index contributed by atoms with van der Waals surface area (Å²) in [5.74, 6) is -0.479. The van der Waals surface area contributed by atoms with Crippen LogP contribution in [-0.2, 0) is 6.18 Å². The maximum absolute atomic E-state index is 12.8. The van der Waals surface area contributed by atoms with Gasteiger partial charge in [0.1, 0.15) is 6.10 Å². The van der Waals surface area contributed by atoms with Crippen LogP contribution in [0.3, 0.4) is 0 Å². The van der Waals surface area contributed by atoms with Gasteiger partial charge in [-0.2, -0.15) is 13.2 Å². The monoisotopic (exact) mass is 389 g/mol. The Morgan fingerprint density at radius 3 is 2.68 bits per heavy atom. The van der Waals surface area contributed by atoms with E-state index in [9.17, 15) is 22.8 Å².